The van der Waals surface area contributed by atoms with E-state index in [9.17, 15) is 9.18 Å². The molecule has 1 N–H and O–H groups in total. The minimum absolute atomic E-state index is 0.142. The van der Waals surface area contributed by atoms with E-state index in [0.29, 0.717) is 29.5 Å². The van der Waals surface area contributed by atoms with Gasteiger partial charge in [-0.25, -0.2) is 14.2 Å². The van der Waals surface area contributed by atoms with E-state index >= 15 is 0 Å². The molecule has 0 radical (unpaired) electrons. The van der Waals surface area contributed by atoms with Crippen LogP contribution >= 0.6 is 11.6 Å². The van der Waals surface area contributed by atoms with Crippen molar-refractivity contribution < 1.29 is 19.0 Å². The highest BCUT2D eigenvalue weighted by molar-refractivity contribution is 6.29. The number of nitrogens with zero attached hydrogens (tertiary/aromatic N) is 1. The van der Waals surface area contributed by atoms with Crippen molar-refractivity contribution in [3.63, 3.8) is 0 Å². The van der Waals surface area contributed by atoms with Crippen LogP contribution in [0, 0.1) is 5.82 Å². The Labute approximate surface area is 137 Å². The summed E-state index contributed by atoms with van der Waals surface area (Å²) >= 11 is 6.01. The molecule has 23 heavy (non-hydrogen) atoms. The third-order valence-corrected chi connectivity index (χ3v) is 4.17. The molecule has 0 spiro atoms. The van der Waals surface area contributed by atoms with Crippen LogP contribution in [0.4, 0.5) is 4.39 Å². The molecule has 0 fully saturated rings. The molecule has 0 saturated carbocycles. The maximum absolute atomic E-state index is 14.4. The number of carbonyl (C=O) groups is 1. The molecule has 2 aromatic rings. The SMILES string of the molecule is CCc1ccc(-c2cc(Cl)nc3c2CCC(C(=O)O)O3)c(F)c1. The van der Waals surface area contributed by atoms with Gasteiger partial charge in [-0.15, -0.1) is 0 Å². The Morgan fingerprint density at radius 1 is 1.43 bits per heavy atom. The van der Waals surface area contributed by atoms with E-state index in [2.05, 4.69) is 4.98 Å². The number of carboxylic acids is 1. The standard InChI is InChI=1S/C17H15ClFNO3/c1-2-9-3-4-10(13(19)7-9)12-8-15(18)20-16-11(12)5-6-14(23-16)17(21)22/h3-4,7-8,14H,2,5-6H2,1H3,(H,21,22). The molecule has 1 atom stereocenters. The maximum Gasteiger partial charge on any atom is 0.344 e. The molecular formula is C17H15ClFNO3. The zero-order valence-electron chi connectivity index (χ0n) is 12.5. The predicted molar refractivity (Wildman–Crippen MR) is 84.4 cm³/mol. The van der Waals surface area contributed by atoms with Crippen LogP contribution in [-0.4, -0.2) is 22.2 Å². The minimum atomic E-state index is -1.04. The van der Waals surface area contributed by atoms with Gasteiger partial charge >= 0.3 is 5.97 Å². The summed E-state index contributed by atoms with van der Waals surface area (Å²) in [5, 5.41) is 9.22. The second-order valence-corrected chi connectivity index (χ2v) is 5.81. The van der Waals surface area contributed by atoms with Gasteiger partial charge in [0.05, 0.1) is 0 Å². The van der Waals surface area contributed by atoms with Gasteiger partial charge in [0, 0.05) is 11.1 Å². The Kier molecular flexibility index (Phi) is 4.22. The monoisotopic (exact) mass is 335 g/mol. The largest absolute Gasteiger partial charge is 0.479 e. The van der Waals surface area contributed by atoms with Gasteiger partial charge in [0.1, 0.15) is 11.0 Å². The molecular weight excluding hydrogens is 321 g/mol. The molecule has 120 valence electrons. The summed E-state index contributed by atoms with van der Waals surface area (Å²) in [4.78, 5) is 15.1. The van der Waals surface area contributed by atoms with Gasteiger partial charge < -0.3 is 9.84 Å². The van der Waals surface area contributed by atoms with Crippen LogP contribution in [-0.2, 0) is 17.6 Å². The van der Waals surface area contributed by atoms with Crippen molar-refractivity contribution in [3.05, 3.63) is 46.4 Å². The van der Waals surface area contributed by atoms with Crippen molar-refractivity contribution in [1.29, 1.82) is 0 Å². The number of halogens is 2. The number of ether oxygens (including phenoxy) is 1. The average Bonchev–Trinajstić information content (AvgIpc) is 2.53. The topological polar surface area (TPSA) is 59.4 Å². The maximum atomic E-state index is 14.4. The van der Waals surface area contributed by atoms with Crippen LogP contribution in [0.5, 0.6) is 5.88 Å². The lowest BCUT2D eigenvalue weighted by Crippen LogP contribution is -2.31. The second-order valence-electron chi connectivity index (χ2n) is 5.43. The number of pyridine rings is 1. The smallest absolute Gasteiger partial charge is 0.344 e. The van der Waals surface area contributed by atoms with Gasteiger partial charge in [-0.3, -0.25) is 0 Å². The zero-order chi connectivity index (χ0) is 16.6. The van der Waals surface area contributed by atoms with Gasteiger partial charge in [0.25, 0.3) is 0 Å². The molecule has 0 amide bonds. The van der Waals surface area contributed by atoms with Crippen molar-refractivity contribution in [2.75, 3.05) is 0 Å². The molecule has 2 heterocycles. The summed E-state index contributed by atoms with van der Waals surface area (Å²) in [7, 11) is 0. The van der Waals surface area contributed by atoms with E-state index < -0.39 is 12.1 Å². The quantitative estimate of drug-likeness (QED) is 0.865. The fourth-order valence-corrected chi connectivity index (χ4v) is 2.92. The Hall–Kier alpha value is -2.14. The molecule has 1 aromatic carbocycles. The van der Waals surface area contributed by atoms with Gasteiger partial charge in [0.2, 0.25) is 5.88 Å². The molecule has 6 heteroatoms. The van der Waals surface area contributed by atoms with Gasteiger partial charge in [-0.1, -0.05) is 30.7 Å². The third-order valence-electron chi connectivity index (χ3n) is 3.97. The molecule has 3 rings (SSSR count). The van der Waals surface area contributed by atoms with Crippen LogP contribution in [0.2, 0.25) is 5.15 Å². The van der Waals surface area contributed by atoms with Gasteiger partial charge in [-0.05, 0) is 42.5 Å². The Bertz CT molecular complexity index is 779. The van der Waals surface area contributed by atoms with E-state index in [0.717, 1.165) is 12.0 Å². The first-order valence-corrected chi connectivity index (χ1v) is 7.75. The number of aryl methyl sites for hydroxylation is 1. The van der Waals surface area contributed by atoms with E-state index in [1.54, 1.807) is 12.1 Å². The summed E-state index contributed by atoms with van der Waals surface area (Å²) in [6.07, 6.45) is 0.554. The summed E-state index contributed by atoms with van der Waals surface area (Å²) in [6, 6.07) is 6.67. The average molecular weight is 336 g/mol. The first-order valence-electron chi connectivity index (χ1n) is 7.37. The molecule has 1 aliphatic rings. The lowest BCUT2D eigenvalue weighted by Gasteiger charge is -2.24. The van der Waals surface area contributed by atoms with Crippen molar-refractivity contribution in [1.82, 2.24) is 4.98 Å². The predicted octanol–water partition coefficient (Wildman–Crippen LogP) is 3.88. The molecule has 1 aliphatic heterocycles. The Balaban J connectivity index is 2.09. The summed E-state index contributed by atoms with van der Waals surface area (Å²) in [5.74, 6) is -1.21. The molecule has 0 aliphatic carbocycles. The Morgan fingerprint density at radius 3 is 2.87 bits per heavy atom. The number of hydrogen-bond acceptors (Lipinski definition) is 3. The van der Waals surface area contributed by atoms with Gasteiger partial charge in [0.15, 0.2) is 6.10 Å². The zero-order valence-corrected chi connectivity index (χ0v) is 13.2. The molecule has 0 saturated heterocycles. The summed E-state index contributed by atoms with van der Waals surface area (Å²) in [6.45, 7) is 1.96. The highest BCUT2D eigenvalue weighted by Crippen LogP contribution is 2.37. The van der Waals surface area contributed by atoms with E-state index in [4.69, 9.17) is 21.4 Å². The number of hydrogen-bond donors (Lipinski definition) is 1. The third kappa shape index (κ3) is 3.01. The number of aromatic nitrogens is 1. The Morgan fingerprint density at radius 2 is 2.22 bits per heavy atom. The van der Waals surface area contributed by atoms with E-state index in [1.165, 1.54) is 6.07 Å². The molecule has 0 bridgehead atoms. The second kappa shape index (κ2) is 6.16. The minimum Gasteiger partial charge on any atom is -0.479 e. The van der Waals surface area contributed by atoms with Crippen molar-refractivity contribution in [2.45, 2.75) is 32.3 Å². The summed E-state index contributed by atoms with van der Waals surface area (Å²) < 4.78 is 19.8. The molecule has 1 aromatic heterocycles. The fourth-order valence-electron chi connectivity index (χ4n) is 2.74. The van der Waals surface area contributed by atoms with E-state index in [1.807, 2.05) is 13.0 Å². The normalized spacial score (nSPS) is 16.6. The lowest BCUT2D eigenvalue weighted by atomic mass is 9.94. The number of rotatable bonds is 3. The highest BCUT2D eigenvalue weighted by Gasteiger charge is 2.29. The number of benzene rings is 1. The fraction of sp³-hybridized carbons (Fsp3) is 0.294. The summed E-state index contributed by atoms with van der Waals surface area (Å²) in [5.41, 5.74) is 2.61. The molecule has 4 nitrogen and oxygen atoms in total. The van der Waals surface area contributed by atoms with Crippen LogP contribution < -0.4 is 4.74 Å². The van der Waals surface area contributed by atoms with E-state index in [-0.39, 0.29) is 16.9 Å². The first-order chi connectivity index (χ1) is 11.0. The highest BCUT2D eigenvalue weighted by atomic mass is 35.5. The number of carboxylic acid groups (broad SMARTS) is 1. The van der Waals surface area contributed by atoms with Crippen LogP contribution in [0.15, 0.2) is 24.3 Å². The first kappa shape index (κ1) is 15.7. The number of aliphatic carboxylic acids is 1. The van der Waals surface area contributed by atoms with Gasteiger partial charge in [-0.2, -0.15) is 0 Å². The van der Waals surface area contributed by atoms with Crippen LogP contribution in [0.3, 0.4) is 0 Å². The van der Waals surface area contributed by atoms with Crippen molar-refractivity contribution in [2.24, 2.45) is 0 Å². The lowest BCUT2D eigenvalue weighted by molar-refractivity contribution is -0.145. The number of fused-ring (bicyclic) bond motifs is 1. The van der Waals surface area contributed by atoms with Crippen molar-refractivity contribution >= 4 is 17.6 Å². The molecule has 1 unspecified atom stereocenters. The van der Waals surface area contributed by atoms with Crippen LogP contribution in [0.25, 0.3) is 11.1 Å². The van der Waals surface area contributed by atoms with Crippen LogP contribution in [0.1, 0.15) is 24.5 Å². The van der Waals surface area contributed by atoms with Crippen molar-refractivity contribution in [3.8, 4) is 17.0 Å².